The lowest BCUT2D eigenvalue weighted by Crippen LogP contribution is -2.18. The lowest BCUT2D eigenvalue weighted by atomic mass is 9.87. The summed E-state index contributed by atoms with van der Waals surface area (Å²) in [6, 6.07) is 11.4. The van der Waals surface area contributed by atoms with Gasteiger partial charge in [0, 0.05) is 5.92 Å². The molecule has 0 saturated heterocycles. The second-order valence-corrected chi connectivity index (χ2v) is 4.06. The van der Waals surface area contributed by atoms with Gasteiger partial charge in [0.2, 0.25) is 0 Å². The number of nitrogens with zero attached hydrogens (tertiary/aromatic N) is 1. The summed E-state index contributed by atoms with van der Waals surface area (Å²) in [5.41, 5.74) is 0.804. The Morgan fingerprint density at radius 2 is 2.00 bits per heavy atom. The topological polar surface area (TPSA) is 40.9 Å². The van der Waals surface area contributed by atoms with Crippen molar-refractivity contribution in [1.82, 2.24) is 0 Å². The van der Waals surface area contributed by atoms with Crippen LogP contribution in [0, 0.1) is 17.2 Å². The molecule has 0 heterocycles. The third kappa shape index (κ3) is 2.93. The molecule has 0 bridgehead atoms. The molecule has 2 unspecified atom stereocenters. The zero-order valence-corrected chi connectivity index (χ0v) is 9.81. The van der Waals surface area contributed by atoms with Crippen LogP contribution in [-0.2, 0) is 4.79 Å². The van der Waals surface area contributed by atoms with Gasteiger partial charge in [-0.1, -0.05) is 50.6 Å². The summed E-state index contributed by atoms with van der Waals surface area (Å²) in [5, 5.41) is 9.10. The molecule has 0 aliphatic carbocycles. The van der Waals surface area contributed by atoms with E-state index in [9.17, 15) is 4.79 Å². The maximum absolute atomic E-state index is 12.0. The third-order valence-corrected chi connectivity index (χ3v) is 2.75. The summed E-state index contributed by atoms with van der Waals surface area (Å²) in [4.78, 5) is 12.0. The highest BCUT2D eigenvalue weighted by Gasteiger charge is 2.24. The predicted octanol–water partition coefficient (Wildman–Crippen LogP) is 3.30. The summed E-state index contributed by atoms with van der Waals surface area (Å²) >= 11 is 0. The van der Waals surface area contributed by atoms with Gasteiger partial charge in [-0.3, -0.25) is 4.79 Å². The van der Waals surface area contributed by atoms with E-state index in [1.54, 1.807) is 0 Å². The normalized spacial score (nSPS) is 13.8. The van der Waals surface area contributed by atoms with Crippen LogP contribution < -0.4 is 0 Å². The smallest absolute Gasteiger partial charge is 0.157 e. The van der Waals surface area contributed by atoms with Crippen LogP contribution in [0.25, 0.3) is 0 Å². The minimum absolute atomic E-state index is 0.0325. The van der Waals surface area contributed by atoms with Crippen LogP contribution >= 0.6 is 0 Å². The molecule has 84 valence electrons. The molecular weight excluding hydrogens is 198 g/mol. The maximum Gasteiger partial charge on any atom is 0.157 e. The average Bonchev–Trinajstić information content (AvgIpc) is 2.31. The summed E-state index contributed by atoms with van der Waals surface area (Å²) < 4.78 is 0. The SMILES string of the molecule is CCCC(C)C(=O)C(C#N)c1ccccc1. The fraction of sp³-hybridized carbons (Fsp3) is 0.429. The van der Waals surface area contributed by atoms with E-state index in [2.05, 4.69) is 6.07 Å². The van der Waals surface area contributed by atoms with E-state index >= 15 is 0 Å². The van der Waals surface area contributed by atoms with E-state index in [0.29, 0.717) is 0 Å². The van der Waals surface area contributed by atoms with Crippen molar-refractivity contribution in [2.24, 2.45) is 5.92 Å². The largest absolute Gasteiger partial charge is 0.298 e. The van der Waals surface area contributed by atoms with Crippen LogP contribution in [-0.4, -0.2) is 5.78 Å². The Morgan fingerprint density at radius 3 is 2.50 bits per heavy atom. The number of nitriles is 1. The van der Waals surface area contributed by atoms with Gasteiger partial charge in [0.15, 0.2) is 5.78 Å². The maximum atomic E-state index is 12.0. The predicted molar refractivity (Wildman–Crippen MR) is 63.9 cm³/mol. The molecule has 0 aliphatic heterocycles. The minimum atomic E-state index is -0.609. The molecule has 0 radical (unpaired) electrons. The molecular formula is C14H17NO. The number of benzene rings is 1. The van der Waals surface area contributed by atoms with Crippen LogP contribution in [0.2, 0.25) is 0 Å². The second kappa shape index (κ2) is 6.07. The highest BCUT2D eigenvalue weighted by atomic mass is 16.1. The first-order valence-electron chi connectivity index (χ1n) is 5.69. The Bertz CT molecular complexity index is 377. The van der Waals surface area contributed by atoms with Gasteiger partial charge in [0.1, 0.15) is 5.92 Å². The standard InChI is InChI=1S/C14H17NO/c1-3-7-11(2)14(16)13(10-15)12-8-5-4-6-9-12/h4-6,8-9,11,13H,3,7H2,1-2H3. The van der Waals surface area contributed by atoms with Gasteiger partial charge < -0.3 is 0 Å². The van der Waals surface area contributed by atoms with E-state index in [1.165, 1.54) is 0 Å². The van der Waals surface area contributed by atoms with Crippen LogP contribution in [0.15, 0.2) is 30.3 Å². The van der Waals surface area contributed by atoms with Crippen molar-refractivity contribution in [1.29, 1.82) is 5.26 Å². The Hall–Kier alpha value is -1.62. The molecule has 0 aromatic heterocycles. The molecule has 2 atom stereocenters. The second-order valence-electron chi connectivity index (χ2n) is 4.06. The monoisotopic (exact) mass is 215 g/mol. The van der Waals surface area contributed by atoms with E-state index in [-0.39, 0.29) is 11.7 Å². The number of carbonyl (C=O) groups excluding carboxylic acids is 1. The van der Waals surface area contributed by atoms with Crippen molar-refractivity contribution in [2.45, 2.75) is 32.6 Å². The van der Waals surface area contributed by atoms with Crippen LogP contribution in [0.4, 0.5) is 0 Å². The minimum Gasteiger partial charge on any atom is -0.298 e. The van der Waals surface area contributed by atoms with Gasteiger partial charge in [-0.15, -0.1) is 0 Å². The van der Waals surface area contributed by atoms with Gasteiger partial charge in [-0.2, -0.15) is 5.26 Å². The molecule has 1 aromatic carbocycles. The number of Topliss-reactive ketones (excluding diaryl/α,β-unsaturated/α-hetero) is 1. The number of rotatable bonds is 5. The van der Waals surface area contributed by atoms with Crippen molar-refractivity contribution in [3.63, 3.8) is 0 Å². The first-order chi connectivity index (χ1) is 7.70. The molecule has 2 nitrogen and oxygen atoms in total. The number of carbonyl (C=O) groups is 1. The third-order valence-electron chi connectivity index (χ3n) is 2.75. The van der Waals surface area contributed by atoms with Crippen LogP contribution in [0.5, 0.6) is 0 Å². The summed E-state index contributed by atoms with van der Waals surface area (Å²) in [6.07, 6.45) is 1.82. The van der Waals surface area contributed by atoms with Crippen molar-refractivity contribution in [3.05, 3.63) is 35.9 Å². The van der Waals surface area contributed by atoms with Crippen molar-refractivity contribution in [3.8, 4) is 6.07 Å². The summed E-state index contributed by atoms with van der Waals surface area (Å²) in [5.74, 6) is -0.604. The molecule has 0 saturated carbocycles. The molecule has 1 aromatic rings. The Kier molecular flexibility index (Phi) is 4.72. The highest BCUT2D eigenvalue weighted by molar-refractivity contribution is 5.90. The first-order valence-corrected chi connectivity index (χ1v) is 5.69. The lowest BCUT2D eigenvalue weighted by molar-refractivity contribution is -0.122. The van der Waals surface area contributed by atoms with Gasteiger partial charge in [-0.05, 0) is 12.0 Å². The van der Waals surface area contributed by atoms with Crippen molar-refractivity contribution in [2.75, 3.05) is 0 Å². The van der Waals surface area contributed by atoms with Crippen LogP contribution in [0.1, 0.15) is 38.2 Å². The molecule has 0 amide bonds. The Labute approximate surface area is 96.9 Å². The van der Waals surface area contributed by atoms with E-state index < -0.39 is 5.92 Å². The van der Waals surface area contributed by atoms with Gasteiger partial charge >= 0.3 is 0 Å². The van der Waals surface area contributed by atoms with E-state index in [0.717, 1.165) is 18.4 Å². The number of hydrogen-bond donors (Lipinski definition) is 0. The first kappa shape index (κ1) is 12.4. The summed E-state index contributed by atoms with van der Waals surface area (Å²) in [7, 11) is 0. The highest BCUT2D eigenvalue weighted by Crippen LogP contribution is 2.21. The Morgan fingerprint density at radius 1 is 1.38 bits per heavy atom. The number of ketones is 1. The van der Waals surface area contributed by atoms with Gasteiger partial charge in [0.05, 0.1) is 6.07 Å². The molecule has 16 heavy (non-hydrogen) atoms. The van der Waals surface area contributed by atoms with E-state index in [1.807, 2.05) is 44.2 Å². The van der Waals surface area contributed by atoms with Gasteiger partial charge in [-0.25, -0.2) is 0 Å². The van der Waals surface area contributed by atoms with Crippen LogP contribution in [0.3, 0.4) is 0 Å². The molecule has 0 N–H and O–H groups in total. The molecule has 0 aliphatic rings. The molecule has 2 heteroatoms. The molecule has 1 rings (SSSR count). The summed E-state index contributed by atoms with van der Waals surface area (Å²) in [6.45, 7) is 3.95. The number of hydrogen-bond acceptors (Lipinski definition) is 2. The van der Waals surface area contributed by atoms with Crippen molar-refractivity contribution >= 4 is 5.78 Å². The van der Waals surface area contributed by atoms with E-state index in [4.69, 9.17) is 5.26 Å². The zero-order valence-electron chi connectivity index (χ0n) is 9.81. The zero-order chi connectivity index (χ0) is 12.0. The van der Waals surface area contributed by atoms with Gasteiger partial charge in [0.25, 0.3) is 0 Å². The molecule has 0 fully saturated rings. The quantitative estimate of drug-likeness (QED) is 0.756. The Balaban J connectivity index is 2.84. The fourth-order valence-corrected chi connectivity index (χ4v) is 1.81. The fourth-order valence-electron chi connectivity index (χ4n) is 1.81. The average molecular weight is 215 g/mol. The lowest BCUT2D eigenvalue weighted by Gasteiger charge is -2.13. The van der Waals surface area contributed by atoms with Crippen molar-refractivity contribution < 1.29 is 4.79 Å². The molecule has 0 spiro atoms.